The smallest absolute Gasteiger partial charge is 0.336 e. The minimum atomic E-state index is -0.908. The van der Waals surface area contributed by atoms with Crippen LogP contribution in [0.2, 0.25) is 0 Å². The summed E-state index contributed by atoms with van der Waals surface area (Å²) in [5.41, 5.74) is 1.13. The number of thiophene rings is 2. The van der Waals surface area contributed by atoms with Crippen molar-refractivity contribution in [3.05, 3.63) is 36.7 Å². The van der Waals surface area contributed by atoms with Gasteiger partial charge in [0, 0.05) is 15.2 Å². The van der Waals surface area contributed by atoms with Crippen molar-refractivity contribution in [3.8, 4) is 20.5 Å². The molecule has 0 radical (unpaired) electrons. The molecule has 0 bridgehead atoms. The number of hydrogen-bond acceptors (Lipinski definition) is 5. The predicted octanol–water partition coefficient (Wildman–Crippen LogP) is 5.82. The predicted molar refractivity (Wildman–Crippen MR) is 91.1 cm³/mol. The van der Waals surface area contributed by atoms with Crippen LogP contribution >= 0.6 is 65.9 Å². The molecule has 102 valence electrons. The molecule has 3 rings (SSSR count). The monoisotopic (exact) mass is 449 g/mol. The molecule has 0 aliphatic rings. The lowest BCUT2D eigenvalue weighted by Gasteiger charge is -1.89. The first-order valence-corrected chi connectivity index (χ1v) is 9.43. The lowest BCUT2D eigenvalue weighted by molar-refractivity contribution is 0.0697. The summed E-state index contributed by atoms with van der Waals surface area (Å²) in [7, 11) is 0. The highest BCUT2D eigenvalue weighted by atomic mass is 79.9. The van der Waals surface area contributed by atoms with E-state index in [2.05, 4.69) is 36.8 Å². The van der Waals surface area contributed by atoms with Gasteiger partial charge in [0.1, 0.15) is 5.01 Å². The number of hydrogen-bond donors (Lipinski definition) is 1. The number of aromatic carboxylic acids is 1. The van der Waals surface area contributed by atoms with Crippen molar-refractivity contribution in [2.75, 3.05) is 0 Å². The van der Waals surface area contributed by atoms with Crippen molar-refractivity contribution < 1.29 is 9.90 Å². The Bertz CT molecular complexity index is 771. The average Bonchev–Trinajstić information content (AvgIpc) is 3.09. The molecule has 20 heavy (non-hydrogen) atoms. The van der Waals surface area contributed by atoms with Gasteiger partial charge in [0.25, 0.3) is 0 Å². The Kier molecular flexibility index (Phi) is 4.09. The lowest BCUT2D eigenvalue weighted by atomic mass is 10.3. The van der Waals surface area contributed by atoms with E-state index in [9.17, 15) is 4.79 Å². The molecule has 0 saturated carbocycles. The number of nitrogens with zero attached hydrogens (tertiary/aromatic N) is 1. The van der Waals surface area contributed by atoms with Crippen molar-refractivity contribution in [1.29, 1.82) is 0 Å². The molecule has 8 heteroatoms. The highest BCUT2D eigenvalue weighted by molar-refractivity contribution is 9.13. The number of carboxylic acids is 1. The summed E-state index contributed by atoms with van der Waals surface area (Å²) in [5, 5.41) is 13.5. The van der Waals surface area contributed by atoms with Gasteiger partial charge in [-0.2, -0.15) is 0 Å². The number of carbonyl (C=O) groups is 1. The maximum absolute atomic E-state index is 10.9. The third-order valence-electron chi connectivity index (χ3n) is 2.46. The van der Waals surface area contributed by atoms with Crippen LogP contribution in [0.5, 0.6) is 0 Å². The Labute approximate surface area is 143 Å². The summed E-state index contributed by atoms with van der Waals surface area (Å²) in [5.74, 6) is -0.908. The molecular weight excluding hydrogens is 446 g/mol. The summed E-state index contributed by atoms with van der Waals surface area (Å²) in [4.78, 5) is 17.4. The summed E-state index contributed by atoms with van der Waals surface area (Å²) in [6, 6.07) is 3.68. The van der Waals surface area contributed by atoms with Crippen LogP contribution in [0.1, 0.15) is 10.4 Å². The fourth-order valence-corrected chi connectivity index (χ4v) is 5.37. The van der Waals surface area contributed by atoms with Gasteiger partial charge in [0.15, 0.2) is 0 Å². The SMILES string of the molecule is O=C(O)c1csc(-c2csc(-c3cc(Br)c(Br)s3)n2)c1. The zero-order chi connectivity index (χ0) is 14.3. The topological polar surface area (TPSA) is 50.2 Å². The van der Waals surface area contributed by atoms with Gasteiger partial charge in [-0.25, -0.2) is 9.78 Å². The third kappa shape index (κ3) is 2.75. The Morgan fingerprint density at radius 2 is 1.95 bits per heavy atom. The molecule has 0 saturated heterocycles. The molecule has 0 aliphatic carbocycles. The number of halogens is 2. The Morgan fingerprint density at radius 3 is 2.55 bits per heavy atom. The van der Waals surface area contributed by atoms with Crippen molar-refractivity contribution in [2.45, 2.75) is 0 Å². The second-order valence-corrected chi connectivity index (χ2v) is 8.77. The van der Waals surface area contributed by atoms with E-state index in [-0.39, 0.29) is 0 Å². The summed E-state index contributed by atoms with van der Waals surface area (Å²) in [6.07, 6.45) is 0. The molecule has 0 fully saturated rings. The van der Waals surface area contributed by atoms with Crippen LogP contribution in [0.3, 0.4) is 0 Å². The molecule has 3 aromatic rings. The lowest BCUT2D eigenvalue weighted by Crippen LogP contribution is -1.91. The molecule has 3 nitrogen and oxygen atoms in total. The Morgan fingerprint density at radius 1 is 1.15 bits per heavy atom. The zero-order valence-corrected chi connectivity index (χ0v) is 15.2. The van der Waals surface area contributed by atoms with Crippen LogP contribution < -0.4 is 0 Å². The second kappa shape index (κ2) is 5.69. The van der Waals surface area contributed by atoms with E-state index in [4.69, 9.17) is 5.11 Å². The molecule has 3 aromatic heterocycles. The molecule has 0 spiro atoms. The van der Waals surface area contributed by atoms with Crippen LogP contribution in [-0.2, 0) is 0 Å². The summed E-state index contributed by atoms with van der Waals surface area (Å²) in [6.45, 7) is 0. The molecule has 0 amide bonds. The third-order valence-corrected chi connectivity index (χ3v) is 7.68. The van der Waals surface area contributed by atoms with E-state index < -0.39 is 5.97 Å². The molecule has 0 aromatic carbocycles. The molecule has 0 unspecified atom stereocenters. The fourth-order valence-electron chi connectivity index (χ4n) is 1.53. The van der Waals surface area contributed by atoms with Gasteiger partial charge >= 0.3 is 5.97 Å². The van der Waals surface area contributed by atoms with Gasteiger partial charge in [0.2, 0.25) is 0 Å². The number of thiazole rings is 1. The Hall–Kier alpha value is -0.540. The first-order valence-electron chi connectivity index (χ1n) is 5.27. The maximum Gasteiger partial charge on any atom is 0.336 e. The Balaban J connectivity index is 1.95. The highest BCUT2D eigenvalue weighted by Crippen LogP contribution is 2.40. The standard InChI is InChI=1S/C12H5Br2NO2S3/c13-6-2-9(20-10(6)14)11-15-7(4-19-11)8-1-5(3-18-8)12(16)17/h1-4H,(H,16,17). The summed E-state index contributed by atoms with van der Waals surface area (Å²) < 4.78 is 2.05. The molecule has 0 aliphatic heterocycles. The normalized spacial score (nSPS) is 10.9. The second-order valence-electron chi connectivity index (χ2n) is 3.77. The van der Waals surface area contributed by atoms with E-state index in [1.54, 1.807) is 34.1 Å². The quantitative estimate of drug-likeness (QED) is 0.546. The molecule has 3 heterocycles. The van der Waals surface area contributed by atoms with Crippen molar-refractivity contribution in [2.24, 2.45) is 0 Å². The van der Waals surface area contributed by atoms with Gasteiger partial charge < -0.3 is 5.11 Å². The first-order chi connectivity index (χ1) is 9.54. The van der Waals surface area contributed by atoms with E-state index in [1.165, 1.54) is 11.3 Å². The maximum atomic E-state index is 10.9. The van der Waals surface area contributed by atoms with Gasteiger partial charge in [0.05, 0.1) is 24.8 Å². The van der Waals surface area contributed by atoms with Crippen molar-refractivity contribution in [3.63, 3.8) is 0 Å². The van der Waals surface area contributed by atoms with Gasteiger partial charge in [-0.3, -0.25) is 0 Å². The van der Waals surface area contributed by atoms with Gasteiger partial charge in [-0.1, -0.05) is 0 Å². The minimum Gasteiger partial charge on any atom is -0.478 e. The van der Waals surface area contributed by atoms with E-state index in [0.717, 1.165) is 28.7 Å². The van der Waals surface area contributed by atoms with Crippen LogP contribution in [0.15, 0.2) is 31.2 Å². The average molecular weight is 451 g/mol. The van der Waals surface area contributed by atoms with Gasteiger partial charge in [-0.15, -0.1) is 34.0 Å². The van der Waals surface area contributed by atoms with Gasteiger partial charge in [-0.05, 0) is 44.0 Å². The van der Waals surface area contributed by atoms with E-state index in [1.807, 2.05) is 11.4 Å². The van der Waals surface area contributed by atoms with Crippen molar-refractivity contribution >= 4 is 71.8 Å². The summed E-state index contributed by atoms with van der Waals surface area (Å²) >= 11 is 11.5. The number of aromatic nitrogens is 1. The zero-order valence-electron chi connectivity index (χ0n) is 9.59. The number of rotatable bonds is 3. The van der Waals surface area contributed by atoms with E-state index >= 15 is 0 Å². The minimum absolute atomic E-state index is 0.307. The first kappa shape index (κ1) is 14.4. The largest absolute Gasteiger partial charge is 0.478 e. The molecule has 0 atom stereocenters. The van der Waals surface area contributed by atoms with Crippen LogP contribution in [-0.4, -0.2) is 16.1 Å². The highest BCUT2D eigenvalue weighted by Gasteiger charge is 2.14. The van der Waals surface area contributed by atoms with Crippen LogP contribution in [0.4, 0.5) is 0 Å². The fraction of sp³-hybridized carbons (Fsp3) is 0. The van der Waals surface area contributed by atoms with E-state index in [0.29, 0.717) is 5.56 Å². The number of carboxylic acid groups (broad SMARTS) is 1. The molecule has 1 N–H and O–H groups in total. The van der Waals surface area contributed by atoms with Crippen LogP contribution in [0.25, 0.3) is 20.5 Å². The molecular formula is C12H5Br2NO2S3. The van der Waals surface area contributed by atoms with Crippen LogP contribution in [0, 0.1) is 0 Å². The van der Waals surface area contributed by atoms with Crippen molar-refractivity contribution in [1.82, 2.24) is 4.98 Å².